The van der Waals surface area contributed by atoms with Gasteiger partial charge in [0, 0.05) is 19.0 Å². The standard InChI is InChI=1S/C12H13F2NO4/c13-8-2-1-7(9(14)6-8)5-11(17)15-4-3-10(16)12(18)19/h1-2,6,10,16H,3-5H2,(H,15,17)(H,18,19). The Labute approximate surface area is 107 Å². The fourth-order valence-electron chi connectivity index (χ4n) is 1.37. The summed E-state index contributed by atoms with van der Waals surface area (Å²) in [5.74, 6) is -3.46. The fraction of sp³-hybridized carbons (Fsp3) is 0.333. The lowest BCUT2D eigenvalue weighted by Gasteiger charge is -2.08. The lowest BCUT2D eigenvalue weighted by molar-refractivity contribution is -0.147. The summed E-state index contributed by atoms with van der Waals surface area (Å²) in [5.41, 5.74) is 0.0395. The average Bonchev–Trinajstić information content (AvgIpc) is 2.32. The number of rotatable bonds is 6. The molecule has 0 fully saturated rings. The quantitative estimate of drug-likeness (QED) is 0.702. The van der Waals surface area contributed by atoms with Crippen LogP contribution in [0, 0.1) is 11.6 Å². The first-order valence-electron chi connectivity index (χ1n) is 5.51. The number of halogens is 2. The van der Waals surface area contributed by atoms with Crippen molar-refractivity contribution in [1.82, 2.24) is 5.32 Å². The third kappa shape index (κ3) is 5.01. The highest BCUT2D eigenvalue weighted by atomic mass is 19.1. The highest BCUT2D eigenvalue weighted by Crippen LogP contribution is 2.09. The van der Waals surface area contributed by atoms with Gasteiger partial charge in [0.2, 0.25) is 5.91 Å². The number of carboxylic acid groups (broad SMARTS) is 1. The summed E-state index contributed by atoms with van der Waals surface area (Å²) in [6.45, 7) is -0.0465. The zero-order valence-electron chi connectivity index (χ0n) is 9.90. The van der Waals surface area contributed by atoms with Gasteiger partial charge < -0.3 is 15.5 Å². The van der Waals surface area contributed by atoms with E-state index in [4.69, 9.17) is 10.2 Å². The molecule has 0 bridgehead atoms. The zero-order chi connectivity index (χ0) is 14.4. The molecule has 0 radical (unpaired) electrons. The molecule has 5 nitrogen and oxygen atoms in total. The van der Waals surface area contributed by atoms with Crippen molar-refractivity contribution in [3.63, 3.8) is 0 Å². The molecule has 0 heterocycles. The van der Waals surface area contributed by atoms with Crippen molar-refractivity contribution in [3.8, 4) is 0 Å². The van der Waals surface area contributed by atoms with Crippen LogP contribution in [0.5, 0.6) is 0 Å². The average molecular weight is 273 g/mol. The van der Waals surface area contributed by atoms with E-state index in [0.29, 0.717) is 6.07 Å². The number of carboxylic acids is 1. The number of aliphatic hydroxyl groups is 1. The van der Waals surface area contributed by atoms with Crippen molar-refractivity contribution < 1.29 is 28.6 Å². The molecule has 0 saturated carbocycles. The van der Waals surface area contributed by atoms with Crippen LogP contribution in [0.15, 0.2) is 18.2 Å². The summed E-state index contributed by atoms with van der Waals surface area (Å²) < 4.78 is 25.9. The topological polar surface area (TPSA) is 86.6 Å². The third-order valence-electron chi connectivity index (χ3n) is 2.39. The van der Waals surface area contributed by atoms with E-state index in [0.717, 1.165) is 12.1 Å². The van der Waals surface area contributed by atoms with E-state index in [1.54, 1.807) is 0 Å². The van der Waals surface area contributed by atoms with Crippen molar-refractivity contribution in [1.29, 1.82) is 0 Å². The number of carbonyl (C=O) groups is 2. The second-order valence-electron chi connectivity index (χ2n) is 3.91. The largest absolute Gasteiger partial charge is 0.479 e. The van der Waals surface area contributed by atoms with E-state index in [1.165, 1.54) is 0 Å². The molecule has 104 valence electrons. The molecular formula is C12H13F2NO4. The molecule has 19 heavy (non-hydrogen) atoms. The third-order valence-corrected chi connectivity index (χ3v) is 2.39. The van der Waals surface area contributed by atoms with Gasteiger partial charge in [0.25, 0.3) is 0 Å². The Hall–Kier alpha value is -2.02. The minimum absolute atomic E-state index is 0.0395. The van der Waals surface area contributed by atoms with Gasteiger partial charge in [-0.3, -0.25) is 4.79 Å². The highest BCUT2D eigenvalue weighted by Gasteiger charge is 2.13. The maximum Gasteiger partial charge on any atom is 0.332 e. The maximum atomic E-state index is 13.2. The van der Waals surface area contributed by atoms with Crippen LogP contribution < -0.4 is 5.32 Å². The van der Waals surface area contributed by atoms with Crippen LogP contribution in [0.1, 0.15) is 12.0 Å². The van der Waals surface area contributed by atoms with Gasteiger partial charge in [-0.05, 0) is 11.6 Å². The van der Waals surface area contributed by atoms with Gasteiger partial charge in [-0.1, -0.05) is 6.07 Å². The van der Waals surface area contributed by atoms with Crippen molar-refractivity contribution in [2.45, 2.75) is 18.9 Å². The molecule has 0 aliphatic heterocycles. The number of aliphatic hydroxyl groups excluding tert-OH is 1. The van der Waals surface area contributed by atoms with E-state index in [2.05, 4.69) is 5.32 Å². The Morgan fingerprint density at radius 3 is 2.58 bits per heavy atom. The molecule has 1 unspecified atom stereocenters. The van der Waals surface area contributed by atoms with Crippen molar-refractivity contribution >= 4 is 11.9 Å². The number of benzene rings is 1. The van der Waals surface area contributed by atoms with Crippen LogP contribution >= 0.6 is 0 Å². The van der Waals surface area contributed by atoms with Gasteiger partial charge in [0.1, 0.15) is 11.6 Å². The van der Waals surface area contributed by atoms with Crippen LogP contribution in [-0.4, -0.2) is 34.7 Å². The van der Waals surface area contributed by atoms with Crippen LogP contribution in [0.4, 0.5) is 8.78 Å². The van der Waals surface area contributed by atoms with Gasteiger partial charge in [0.05, 0.1) is 6.42 Å². The molecule has 1 amide bonds. The molecule has 1 atom stereocenters. The summed E-state index contributed by atoms with van der Waals surface area (Å²) in [6, 6.07) is 2.88. The Morgan fingerprint density at radius 2 is 2.00 bits per heavy atom. The Bertz CT molecular complexity index is 479. The smallest absolute Gasteiger partial charge is 0.332 e. The van der Waals surface area contributed by atoms with Gasteiger partial charge in [-0.15, -0.1) is 0 Å². The molecule has 0 saturated heterocycles. The Morgan fingerprint density at radius 1 is 1.32 bits per heavy atom. The van der Waals surface area contributed by atoms with E-state index >= 15 is 0 Å². The number of nitrogens with one attached hydrogen (secondary N) is 1. The number of hydrogen-bond donors (Lipinski definition) is 3. The molecule has 1 rings (SSSR count). The van der Waals surface area contributed by atoms with Gasteiger partial charge in [0.15, 0.2) is 6.10 Å². The highest BCUT2D eigenvalue weighted by molar-refractivity contribution is 5.78. The lowest BCUT2D eigenvalue weighted by Crippen LogP contribution is -2.31. The first kappa shape index (κ1) is 15.0. The Balaban J connectivity index is 2.41. The second kappa shape index (κ2) is 6.79. The first-order valence-corrected chi connectivity index (χ1v) is 5.51. The molecule has 1 aromatic carbocycles. The summed E-state index contributed by atoms with van der Waals surface area (Å²) in [6.07, 6.45) is -1.98. The molecular weight excluding hydrogens is 260 g/mol. The van der Waals surface area contributed by atoms with E-state index < -0.39 is 29.6 Å². The molecule has 7 heteroatoms. The van der Waals surface area contributed by atoms with E-state index in [1.807, 2.05) is 0 Å². The summed E-state index contributed by atoms with van der Waals surface area (Å²) in [4.78, 5) is 21.7. The van der Waals surface area contributed by atoms with Crippen molar-refractivity contribution in [3.05, 3.63) is 35.4 Å². The lowest BCUT2D eigenvalue weighted by atomic mass is 10.1. The van der Waals surface area contributed by atoms with Crippen LogP contribution in [0.25, 0.3) is 0 Å². The molecule has 0 aliphatic rings. The number of hydrogen-bond acceptors (Lipinski definition) is 3. The van der Waals surface area contributed by atoms with Crippen LogP contribution in [0.3, 0.4) is 0 Å². The molecule has 0 spiro atoms. The van der Waals surface area contributed by atoms with Gasteiger partial charge in [-0.25, -0.2) is 13.6 Å². The summed E-state index contributed by atoms with van der Waals surface area (Å²) in [7, 11) is 0. The molecule has 3 N–H and O–H groups in total. The number of carbonyl (C=O) groups excluding carboxylic acids is 1. The predicted octanol–water partition coefficient (Wildman–Crippen LogP) is 0.459. The first-order chi connectivity index (χ1) is 8.90. The number of amides is 1. The SMILES string of the molecule is O=C(Cc1ccc(F)cc1F)NCCC(O)C(=O)O. The van der Waals surface area contributed by atoms with Crippen molar-refractivity contribution in [2.75, 3.05) is 6.54 Å². The second-order valence-corrected chi connectivity index (χ2v) is 3.91. The van der Waals surface area contributed by atoms with Crippen molar-refractivity contribution in [2.24, 2.45) is 0 Å². The van der Waals surface area contributed by atoms with Gasteiger partial charge >= 0.3 is 5.97 Å². The summed E-state index contributed by atoms with van der Waals surface area (Å²) in [5, 5.41) is 19.7. The monoisotopic (exact) mass is 273 g/mol. The minimum Gasteiger partial charge on any atom is -0.479 e. The van der Waals surface area contributed by atoms with E-state index in [-0.39, 0.29) is 24.9 Å². The molecule has 1 aromatic rings. The fourth-order valence-corrected chi connectivity index (χ4v) is 1.37. The summed E-state index contributed by atoms with van der Waals surface area (Å²) >= 11 is 0. The minimum atomic E-state index is -1.55. The molecule has 0 aromatic heterocycles. The van der Waals surface area contributed by atoms with Crippen LogP contribution in [0.2, 0.25) is 0 Å². The Kier molecular flexibility index (Phi) is 5.37. The zero-order valence-corrected chi connectivity index (χ0v) is 9.90. The normalized spacial score (nSPS) is 11.9. The molecule has 0 aliphatic carbocycles. The van der Waals surface area contributed by atoms with Crippen LogP contribution in [-0.2, 0) is 16.0 Å². The predicted molar refractivity (Wildman–Crippen MR) is 61.3 cm³/mol. The maximum absolute atomic E-state index is 13.2. The van der Waals surface area contributed by atoms with E-state index in [9.17, 15) is 18.4 Å². The number of aliphatic carboxylic acids is 1. The van der Waals surface area contributed by atoms with Gasteiger partial charge in [-0.2, -0.15) is 0 Å².